The Morgan fingerprint density at radius 1 is 1.12 bits per heavy atom. The normalized spacial score (nSPS) is 19.3. The summed E-state index contributed by atoms with van der Waals surface area (Å²) in [6.45, 7) is 0.820. The highest BCUT2D eigenvalue weighted by molar-refractivity contribution is 5.94. The highest BCUT2D eigenvalue weighted by atomic mass is 16.5. The van der Waals surface area contributed by atoms with Gasteiger partial charge in [-0.05, 0) is 31.6 Å². The van der Waals surface area contributed by atoms with Crippen LogP contribution in [0.15, 0.2) is 16.9 Å². The predicted molar refractivity (Wildman–Crippen MR) is 90.2 cm³/mol. The summed E-state index contributed by atoms with van der Waals surface area (Å²) in [4.78, 5) is 27.0. The molecule has 2 amide bonds. The average Bonchev–Trinajstić information content (AvgIpc) is 3.28. The van der Waals surface area contributed by atoms with Crippen LogP contribution in [0.4, 0.5) is 5.82 Å². The average molecular weight is 333 g/mol. The van der Waals surface area contributed by atoms with E-state index in [1.165, 1.54) is 38.4 Å². The van der Waals surface area contributed by atoms with Crippen molar-refractivity contribution in [2.75, 3.05) is 18.4 Å². The van der Waals surface area contributed by atoms with Crippen molar-refractivity contribution in [1.29, 1.82) is 0 Å². The third-order valence-electron chi connectivity index (χ3n) is 5.26. The van der Waals surface area contributed by atoms with Gasteiger partial charge in [0, 0.05) is 18.5 Å². The third-order valence-corrected chi connectivity index (χ3v) is 5.26. The van der Waals surface area contributed by atoms with Crippen LogP contribution in [0.2, 0.25) is 0 Å². The molecule has 0 atom stereocenters. The number of amides is 2. The lowest BCUT2D eigenvalue weighted by Gasteiger charge is -2.31. The minimum Gasteiger partial charge on any atom is -0.363 e. The van der Waals surface area contributed by atoms with Gasteiger partial charge in [0.2, 0.25) is 11.8 Å². The lowest BCUT2D eigenvalue weighted by atomic mass is 9.88. The number of carbonyl (C=O) groups excluding carboxylic acids is 2. The van der Waals surface area contributed by atoms with Crippen molar-refractivity contribution in [3.63, 3.8) is 0 Å². The molecule has 2 aliphatic rings. The second-order valence-corrected chi connectivity index (χ2v) is 7.14. The maximum Gasteiger partial charge on any atom is 0.245 e. The second kappa shape index (κ2) is 8.31. The van der Waals surface area contributed by atoms with Crippen molar-refractivity contribution >= 4 is 17.6 Å². The number of nitrogens with zero attached hydrogens (tertiary/aromatic N) is 2. The summed E-state index contributed by atoms with van der Waals surface area (Å²) < 4.78 is 4.73. The van der Waals surface area contributed by atoms with E-state index in [2.05, 4.69) is 10.5 Å². The predicted octanol–water partition coefficient (Wildman–Crippen LogP) is 3.21. The molecule has 0 bridgehead atoms. The zero-order valence-corrected chi connectivity index (χ0v) is 14.2. The van der Waals surface area contributed by atoms with Gasteiger partial charge < -0.3 is 14.7 Å². The number of rotatable bonds is 6. The van der Waals surface area contributed by atoms with E-state index in [-0.39, 0.29) is 24.3 Å². The lowest BCUT2D eigenvalue weighted by Crippen LogP contribution is -2.43. The lowest BCUT2D eigenvalue weighted by molar-refractivity contribution is -0.139. The molecule has 2 aliphatic carbocycles. The standard InChI is InChI=1S/C18H27N3O3/c22-17(19-16-10-11-24-20-16)13-21(12-14-6-2-1-3-7-14)18(23)15-8-4-5-9-15/h10-11,14-15H,1-9,12-13H2,(H,19,20,22). The quantitative estimate of drug-likeness (QED) is 0.867. The van der Waals surface area contributed by atoms with E-state index in [0.717, 1.165) is 25.7 Å². The molecule has 24 heavy (non-hydrogen) atoms. The molecule has 6 heteroatoms. The van der Waals surface area contributed by atoms with Gasteiger partial charge in [-0.25, -0.2) is 0 Å². The first kappa shape index (κ1) is 17.0. The van der Waals surface area contributed by atoms with Crippen molar-refractivity contribution < 1.29 is 14.1 Å². The molecule has 1 aromatic heterocycles. The summed E-state index contributed by atoms with van der Waals surface area (Å²) in [6.07, 6.45) is 11.7. The second-order valence-electron chi connectivity index (χ2n) is 7.14. The van der Waals surface area contributed by atoms with Crippen LogP contribution in [0.5, 0.6) is 0 Å². The van der Waals surface area contributed by atoms with Crippen LogP contribution in [0.25, 0.3) is 0 Å². The molecule has 1 aromatic rings. The minimum absolute atomic E-state index is 0.105. The zero-order chi connectivity index (χ0) is 16.8. The molecule has 3 rings (SSSR count). The SMILES string of the molecule is O=C(CN(CC1CCCCC1)C(=O)C1CCCC1)Nc1ccon1. The Balaban J connectivity index is 1.61. The fraction of sp³-hybridized carbons (Fsp3) is 0.722. The van der Waals surface area contributed by atoms with Crippen LogP contribution >= 0.6 is 0 Å². The Morgan fingerprint density at radius 2 is 1.83 bits per heavy atom. The minimum atomic E-state index is -0.203. The van der Waals surface area contributed by atoms with E-state index in [1.807, 2.05) is 0 Å². The van der Waals surface area contributed by atoms with E-state index in [9.17, 15) is 9.59 Å². The topological polar surface area (TPSA) is 75.4 Å². The molecule has 0 saturated heterocycles. The maximum absolute atomic E-state index is 12.9. The van der Waals surface area contributed by atoms with E-state index in [4.69, 9.17) is 4.52 Å². The molecule has 132 valence electrons. The largest absolute Gasteiger partial charge is 0.363 e. The summed E-state index contributed by atoms with van der Waals surface area (Å²) in [5.74, 6) is 0.989. The van der Waals surface area contributed by atoms with Crippen molar-refractivity contribution in [2.45, 2.75) is 57.8 Å². The van der Waals surface area contributed by atoms with E-state index < -0.39 is 0 Å². The monoisotopic (exact) mass is 333 g/mol. The highest BCUT2D eigenvalue weighted by Gasteiger charge is 2.30. The number of hydrogen-bond acceptors (Lipinski definition) is 4. The van der Waals surface area contributed by atoms with Gasteiger partial charge in [0.25, 0.3) is 0 Å². The Morgan fingerprint density at radius 3 is 2.50 bits per heavy atom. The van der Waals surface area contributed by atoms with Crippen LogP contribution in [0, 0.1) is 11.8 Å². The first-order valence-electron chi connectivity index (χ1n) is 9.21. The van der Waals surface area contributed by atoms with Gasteiger partial charge in [-0.2, -0.15) is 0 Å². The van der Waals surface area contributed by atoms with E-state index in [1.54, 1.807) is 11.0 Å². The fourth-order valence-corrected chi connectivity index (χ4v) is 3.98. The van der Waals surface area contributed by atoms with Crippen molar-refractivity contribution in [3.8, 4) is 0 Å². The summed E-state index contributed by atoms with van der Waals surface area (Å²) in [5.41, 5.74) is 0. The van der Waals surface area contributed by atoms with Gasteiger partial charge in [0.05, 0.1) is 6.54 Å². The van der Waals surface area contributed by atoms with E-state index in [0.29, 0.717) is 18.3 Å². The smallest absolute Gasteiger partial charge is 0.245 e. The van der Waals surface area contributed by atoms with Gasteiger partial charge in [0.15, 0.2) is 5.82 Å². The number of aromatic nitrogens is 1. The summed E-state index contributed by atoms with van der Waals surface area (Å²) >= 11 is 0. The van der Waals surface area contributed by atoms with Crippen molar-refractivity contribution in [3.05, 3.63) is 12.3 Å². The molecular weight excluding hydrogens is 306 g/mol. The Hall–Kier alpha value is -1.85. The van der Waals surface area contributed by atoms with Gasteiger partial charge in [-0.15, -0.1) is 0 Å². The molecule has 0 spiro atoms. The Kier molecular flexibility index (Phi) is 5.88. The first-order chi connectivity index (χ1) is 11.7. The number of nitrogens with one attached hydrogen (secondary N) is 1. The van der Waals surface area contributed by atoms with Crippen molar-refractivity contribution in [2.24, 2.45) is 11.8 Å². The van der Waals surface area contributed by atoms with Gasteiger partial charge >= 0.3 is 0 Å². The first-order valence-corrected chi connectivity index (χ1v) is 9.21. The maximum atomic E-state index is 12.9. The molecule has 6 nitrogen and oxygen atoms in total. The zero-order valence-electron chi connectivity index (χ0n) is 14.2. The molecule has 0 aromatic carbocycles. The third kappa shape index (κ3) is 4.58. The molecule has 2 saturated carbocycles. The molecule has 0 aliphatic heterocycles. The molecular formula is C18H27N3O3. The molecule has 0 radical (unpaired) electrons. The number of carbonyl (C=O) groups is 2. The molecule has 0 unspecified atom stereocenters. The van der Waals surface area contributed by atoms with Crippen LogP contribution in [0.1, 0.15) is 57.8 Å². The van der Waals surface area contributed by atoms with Gasteiger partial charge in [-0.1, -0.05) is 37.3 Å². The van der Waals surface area contributed by atoms with Crippen LogP contribution in [0.3, 0.4) is 0 Å². The summed E-state index contributed by atoms with van der Waals surface area (Å²) in [6, 6.07) is 1.60. The van der Waals surface area contributed by atoms with Crippen molar-refractivity contribution in [1.82, 2.24) is 10.1 Å². The summed E-state index contributed by atoms with van der Waals surface area (Å²) in [7, 11) is 0. The highest BCUT2D eigenvalue weighted by Crippen LogP contribution is 2.29. The van der Waals surface area contributed by atoms with E-state index >= 15 is 0 Å². The van der Waals surface area contributed by atoms with Crippen LogP contribution in [-0.2, 0) is 9.59 Å². The fourth-order valence-electron chi connectivity index (χ4n) is 3.98. The Labute approximate surface area is 142 Å². The van der Waals surface area contributed by atoms with Crippen LogP contribution in [-0.4, -0.2) is 35.0 Å². The van der Waals surface area contributed by atoms with Crippen LogP contribution < -0.4 is 5.32 Å². The molecule has 2 fully saturated rings. The Bertz CT molecular complexity index is 532. The number of anilines is 1. The van der Waals surface area contributed by atoms with Gasteiger partial charge in [-0.3, -0.25) is 9.59 Å². The molecule has 1 heterocycles. The molecule has 1 N–H and O–H groups in total. The summed E-state index contributed by atoms with van der Waals surface area (Å²) in [5, 5.41) is 6.39. The number of hydrogen-bond donors (Lipinski definition) is 1. The van der Waals surface area contributed by atoms with Gasteiger partial charge in [0.1, 0.15) is 6.26 Å².